The topological polar surface area (TPSA) is 44.5 Å². The molecule has 0 saturated carbocycles. The Kier molecular flexibility index (Phi) is 4.79. The molecule has 0 aliphatic heterocycles. The van der Waals surface area contributed by atoms with Crippen LogP contribution in [0.1, 0.15) is 22.3 Å². The SMILES string of the molecule is COc1ccc(-c2nc3ccc(-c4cc(C)c(OC)c(C)c4)cc3o2)c(C)c1C. The van der Waals surface area contributed by atoms with Gasteiger partial charge in [0, 0.05) is 5.56 Å². The van der Waals surface area contributed by atoms with E-state index in [1.165, 1.54) is 0 Å². The lowest BCUT2D eigenvalue weighted by atomic mass is 9.99. The van der Waals surface area contributed by atoms with Crippen molar-refractivity contribution in [2.45, 2.75) is 27.7 Å². The van der Waals surface area contributed by atoms with Gasteiger partial charge in [0.2, 0.25) is 5.89 Å². The van der Waals surface area contributed by atoms with E-state index in [0.717, 1.165) is 61.5 Å². The van der Waals surface area contributed by atoms with Crippen molar-refractivity contribution in [3.05, 3.63) is 64.7 Å². The third-order valence-electron chi connectivity index (χ3n) is 5.57. The van der Waals surface area contributed by atoms with Crippen LogP contribution in [-0.4, -0.2) is 19.2 Å². The van der Waals surface area contributed by atoms with Gasteiger partial charge in [0.15, 0.2) is 5.58 Å². The number of benzene rings is 3. The van der Waals surface area contributed by atoms with Crippen molar-refractivity contribution >= 4 is 11.1 Å². The highest BCUT2D eigenvalue weighted by molar-refractivity contribution is 5.83. The summed E-state index contributed by atoms with van der Waals surface area (Å²) < 4.78 is 17.1. The van der Waals surface area contributed by atoms with Crippen molar-refractivity contribution in [1.82, 2.24) is 4.98 Å². The summed E-state index contributed by atoms with van der Waals surface area (Å²) in [6, 6.07) is 14.4. The number of aryl methyl sites for hydroxylation is 2. The maximum Gasteiger partial charge on any atom is 0.227 e. The van der Waals surface area contributed by atoms with Gasteiger partial charge in [0.25, 0.3) is 0 Å². The summed E-state index contributed by atoms with van der Waals surface area (Å²) in [6.45, 7) is 8.24. The van der Waals surface area contributed by atoms with Crippen molar-refractivity contribution in [3.63, 3.8) is 0 Å². The van der Waals surface area contributed by atoms with Crippen LogP contribution in [0.4, 0.5) is 0 Å². The van der Waals surface area contributed by atoms with Crippen molar-refractivity contribution in [3.8, 4) is 34.1 Å². The average Bonchev–Trinajstić information content (AvgIpc) is 3.12. The third kappa shape index (κ3) is 3.25. The van der Waals surface area contributed by atoms with Crippen LogP contribution in [0.15, 0.2) is 46.9 Å². The molecule has 0 radical (unpaired) electrons. The van der Waals surface area contributed by atoms with Gasteiger partial charge in [-0.25, -0.2) is 4.98 Å². The van der Waals surface area contributed by atoms with Gasteiger partial charge in [-0.2, -0.15) is 0 Å². The van der Waals surface area contributed by atoms with Crippen LogP contribution >= 0.6 is 0 Å². The molecule has 0 fully saturated rings. The number of ether oxygens (including phenoxy) is 2. The van der Waals surface area contributed by atoms with Crippen LogP contribution in [0, 0.1) is 27.7 Å². The van der Waals surface area contributed by atoms with E-state index in [1.807, 2.05) is 25.1 Å². The molecule has 4 aromatic rings. The van der Waals surface area contributed by atoms with Crippen LogP contribution in [-0.2, 0) is 0 Å². The summed E-state index contributed by atoms with van der Waals surface area (Å²) >= 11 is 0. The molecule has 29 heavy (non-hydrogen) atoms. The maximum absolute atomic E-state index is 6.15. The minimum atomic E-state index is 0.627. The normalized spacial score (nSPS) is 11.1. The van der Waals surface area contributed by atoms with Crippen LogP contribution in [0.2, 0.25) is 0 Å². The standard InChI is InChI=1S/C25H25NO3/c1-14-11-19(12-15(2)24(14)28-6)18-7-9-21-23(13-18)29-25(26-21)20-8-10-22(27-5)17(4)16(20)3/h7-13H,1-6H3. The molecular weight excluding hydrogens is 362 g/mol. The summed E-state index contributed by atoms with van der Waals surface area (Å²) in [4.78, 5) is 4.71. The van der Waals surface area contributed by atoms with Gasteiger partial charge in [-0.05, 0) is 97.5 Å². The smallest absolute Gasteiger partial charge is 0.227 e. The lowest BCUT2D eigenvalue weighted by Gasteiger charge is -2.11. The first-order chi connectivity index (χ1) is 13.9. The van der Waals surface area contributed by atoms with Crippen LogP contribution in [0.5, 0.6) is 11.5 Å². The number of rotatable bonds is 4. The van der Waals surface area contributed by atoms with Gasteiger partial charge < -0.3 is 13.9 Å². The summed E-state index contributed by atoms with van der Waals surface area (Å²) in [7, 11) is 3.39. The highest BCUT2D eigenvalue weighted by Crippen LogP contribution is 2.35. The van der Waals surface area contributed by atoms with E-state index in [-0.39, 0.29) is 0 Å². The van der Waals surface area contributed by atoms with E-state index in [2.05, 4.69) is 45.0 Å². The second-order valence-corrected chi connectivity index (χ2v) is 7.41. The first-order valence-electron chi connectivity index (χ1n) is 9.63. The number of hydrogen-bond acceptors (Lipinski definition) is 4. The molecular formula is C25H25NO3. The number of methoxy groups -OCH3 is 2. The highest BCUT2D eigenvalue weighted by Gasteiger charge is 2.15. The summed E-state index contributed by atoms with van der Waals surface area (Å²) in [6.07, 6.45) is 0. The minimum absolute atomic E-state index is 0.627. The zero-order chi connectivity index (χ0) is 20.7. The van der Waals surface area contributed by atoms with E-state index >= 15 is 0 Å². The van der Waals surface area contributed by atoms with Crippen LogP contribution in [0.3, 0.4) is 0 Å². The monoisotopic (exact) mass is 387 g/mol. The van der Waals surface area contributed by atoms with E-state index < -0.39 is 0 Å². The van der Waals surface area contributed by atoms with Crippen molar-refractivity contribution in [1.29, 1.82) is 0 Å². The Hall–Kier alpha value is -3.27. The Morgan fingerprint density at radius 3 is 2.14 bits per heavy atom. The third-order valence-corrected chi connectivity index (χ3v) is 5.57. The maximum atomic E-state index is 6.15. The lowest BCUT2D eigenvalue weighted by molar-refractivity contribution is 0.408. The Morgan fingerprint density at radius 1 is 0.759 bits per heavy atom. The Balaban J connectivity index is 1.79. The molecule has 1 heterocycles. The summed E-state index contributed by atoms with van der Waals surface area (Å²) in [5, 5.41) is 0. The van der Waals surface area contributed by atoms with E-state index in [1.54, 1.807) is 14.2 Å². The average molecular weight is 387 g/mol. The van der Waals surface area contributed by atoms with Gasteiger partial charge in [-0.1, -0.05) is 6.07 Å². The molecule has 0 saturated heterocycles. The highest BCUT2D eigenvalue weighted by atomic mass is 16.5. The fourth-order valence-corrected chi connectivity index (χ4v) is 3.91. The molecule has 148 valence electrons. The fourth-order valence-electron chi connectivity index (χ4n) is 3.91. The molecule has 0 aliphatic carbocycles. The molecule has 3 aromatic carbocycles. The molecule has 0 atom stereocenters. The summed E-state index contributed by atoms with van der Waals surface area (Å²) in [5.41, 5.74) is 9.27. The van der Waals surface area contributed by atoms with Crippen LogP contribution in [0.25, 0.3) is 33.7 Å². The molecule has 1 aromatic heterocycles. The lowest BCUT2D eigenvalue weighted by Crippen LogP contribution is -1.92. The van der Waals surface area contributed by atoms with Gasteiger partial charge in [0.1, 0.15) is 17.0 Å². The Labute approximate surface area is 171 Å². The molecule has 0 spiro atoms. The predicted molar refractivity (Wildman–Crippen MR) is 117 cm³/mol. The van der Waals surface area contributed by atoms with E-state index in [4.69, 9.17) is 18.9 Å². The first kappa shape index (κ1) is 19.1. The predicted octanol–water partition coefficient (Wildman–Crippen LogP) is 6.41. The van der Waals surface area contributed by atoms with Gasteiger partial charge in [0.05, 0.1) is 14.2 Å². The summed E-state index contributed by atoms with van der Waals surface area (Å²) in [5.74, 6) is 2.43. The van der Waals surface area contributed by atoms with Crippen LogP contribution < -0.4 is 9.47 Å². The largest absolute Gasteiger partial charge is 0.496 e. The Morgan fingerprint density at radius 2 is 1.48 bits per heavy atom. The second-order valence-electron chi connectivity index (χ2n) is 7.41. The molecule has 4 rings (SSSR count). The first-order valence-corrected chi connectivity index (χ1v) is 9.63. The molecule has 0 bridgehead atoms. The minimum Gasteiger partial charge on any atom is -0.496 e. The van der Waals surface area contributed by atoms with Gasteiger partial charge in [-0.3, -0.25) is 0 Å². The van der Waals surface area contributed by atoms with Gasteiger partial charge in [-0.15, -0.1) is 0 Å². The van der Waals surface area contributed by atoms with Crippen molar-refractivity contribution < 1.29 is 13.9 Å². The fraction of sp³-hybridized carbons (Fsp3) is 0.240. The zero-order valence-corrected chi connectivity index (χ0v) is 17.7. The molecule has 0 aliphatic rings. The molecule has 4 nitrogen and oxygen atoms in total. The number of fused-ring (bicyclic) bond motifs is 1. The number of nitrogens with zero attached hydrogens (tertiary/aromatic N) is 1. The molecule has 0 unspecified atom stereocenters. The van der Waals surface area contributed by atoms with Crippen molar-refractivity contribution in [2.75, 3.05) is 14.2 Å². The second kappa shape index (κ2) is 7.28. The number of hydrogen-bond donors (Lipinski definition) is 0. The van der Waals surface area contributed by atoms with Crippen molar-refractivity contribution in [2.24, 2.45) is 0 Å². The molecule has 4 heteroatoms. The molecule has 0 N–H and O–H groups in total. The number of aromatic nitrogens is 1. The van der Waals surface area contributed by atoms with E-state index in [0.29, 0.717) is 5.89 Å². The zero-order valence-electron chi connectivity index (χ0n) is 17.7. The Bertz CT molecular complexity index is 1200. The van der Waals surface area contributed by atoms with E-state index in [9.17, 15) is 0 Å². The number of oxazole rings is 1. The molecule has 0 amide bonds. The van der Waals surface area contributed by atoms with Gasteiger partial charge >= 0.3 is 0 Å². The quantitative estimate of drug-likeness (QED) is 0.406.